The summed E-state index contributed by atoms with van der Waals surface area (Å²) in [4.78, 5) is 11.8. The number of rotatable bonds is 11. The molecule has 0 aliphatic heterocycles. The molecule has 0 aromatic rings. The molecule has 0 spiro atoms. The second-order valence-electron chi connectivity index (χ2n) is 7.35. The van der Waals surface area contributed by atoms with E-state index >= 15 is 0 Å². The summed E-state index contributed by atoms with van der Waals surface area (Å²) in [5, 5.41) is 2.97. The highest BCUT2D eigenvalue weighted by atomic mass is 16.5. The van der Waals surface area contributed by atoms with Crippen molar-refractivity contribution in [1.82, 2.24) is 5.32 Å². The number of ether oxygens (including phenoxy) is 1. The predicted octanol–water partition coefficient (Wildman–Crippen LogP) is 2.96. The maximum atomic E-state index is 11.8. The number of carbonyl (C=O) groups excluding carboxylic acids is 1. The lowest BCUT2D eigenvalue weighted by Gasteiger charge is -2.30. The van der Waals surface area contributed by atoms with Crippen LogP contribution in [-0.4, -0.2) is 32.2 Å². The molecule has 0 aliphatic carbocycles. The first-order valence-corrected chi connectivity index (χ1v) is 8.31. The van der Waals surface area contributed by atoms with E-state index in [0.717, 1.165) is 32.5 Å². The summed E-state index contributed by atoms with van der Waals surface area (Å²) in [6.45, 7) is 13.8. The van der Waals surface area contributed by atoms with E-state index in [0.29, 0.717) is 31.3 Å². The molecular weight excluding hydrogens is 264 g/mol. The second-order valence-corrected chi connectivity index (χ2v) is 7.35. The van der Waals surface area contributed by atoms with E-state index in [2.05, 4.69) is 39.9 Å². The second kappa shape index (κ2) is 11.0. The summed E-state index contributed by atoms with van der Waals surface area (Å²) in [6.07, 6.45) is 3.37. The SMILES string of the molecule is CC(C)COCCCNC(=O)CCC(CCN)C(C)(C)C. The van der Waals surface area contributed by atoms with Gasteiger partial charge in [0.15, 0.2) is 0 Å². The average Bonchev–Trinajstić information content (AvgIpc) is 2.36. The Morgan fingerprint density at radius 3 is 2.43 bits per heavy atom. The van der Waals surface area contributed by atoms with Gasteiger partial charge in [-0.05, 0) is 43.1 Å². The molecule has 4 nitrogen and oxygen atoms in total. The summed E-state index contributed by atoms with van der Waals surface area (Å²) in [5.41, 5.74) is 5.88. The fourth-order valence-electron chi connectivity index (χ4n) is 2.33. The molecule has 0 saturated carbocycles. The van der Waals surface area contributed by atoms with Gasteiger partial charge in [0, 0.05) is 26.2 Å². The Labute approximate surface area is 131 Å². The molecule has 0 saturated heterocycles. The van der Waals surface area contributed by atoms with Crippen LogP contribution in [0.2, 0.25) is 0 Å². The summed E-state index contributed by atoms with van der Waals surface area (Å²) < 4.78 is 5.49. The number of nitrogens with one attached hydrogen (secondary N) is 1. The Hall–Kier alpha value is -0.610. The minimum atomic E-state index is 0.144. The van der Waals surface area contributed by atoms with E-state index in [1.165, 1.54) is 0 Å². The zero-order valence-electron chi connectivity index (χ0n) is 14.7. The molecule has 0 heterocycles. The molecule has 0 bridgehead atoms. The standard InChI is InChI=1S/C17H36N2O2/c1-14(2)13-21-12-6-11-19-16(20)8-7-15(9-10-18)17(3,4)5/h14-15H,6-13,18H2,1-5H3,(H,19,20). The van der Waals surface area contributed by atoms with Gasteiger partial charge in [0.25, 0.3) is 0 Å². The van der Waals surface area contributed by atoms with Crippen molar-refractivity contribution in [3.63, 3.8) is 0 Å². The third-order valence-corrected chi connectivity index (χ3v) is 3.70. The van der Waals surface area contributed by atoms with Gasteiger partial charge in [-0.2, -0.15) is 0 Å². The number of nitrogens with two attached hydrogens (primary N) is 1. The number of hydrogen-bond acceptors (Lipinski definition) is 3. The first-order chi connectivity index (χ1) is 9.77. The van der Waals surface area contributed by atoms with E-state index in [1.54, 1.807) is 0 Å². The number of carbonyl (C=O) groups is 1. The maximum Gasteiger partial charge on any atom is 0.220 e. The van der Waals surface area contributed by atoms with Crippen LogP contribution in [0.5, 0.6) is 0 Å². The fourth-order valence-corrected chi connectivity index (χ4v) is 2.33. The van der Waals surface area contributed by atoms with Crippen LogP contribution < -0.4 is 11.1 Å². The third-order valence-electron chi connectivity index (χ3n) is 3.70. The lowest BCUT2D eigenvalue weighted by molar-refractivity contribution is -0.121. The van der Waals surface area contributed by atoms with Gasteiger partial charge in [0.1, 0.15) is 0 Å². The lowest BCUT2D eigenvalue weighted by Crippen LogP contribution is -2.28. The fraction of sp³-hybridized carbons (Fsp3) is 0.941. The number of amides is 1. The molecule has 126 valence electrons. The molecule has 3 N–H and O–H groups in total. The summed E-state index contributed by atoms with van der Waals surface area (Å²) in [6, 6.07) is 0. The van der Waals surface area contributed by atoms with Crippen LogP contribution in [0.3, 0.4) is 0 Å². The van der Waals surface area contributed by atoms with Gasteiger partial charge >= 0.3 is 0 Å². The van der Waals surface area contributed by atoms with Gasteiger partial charge in [0.2, 0.25) is 5.91 Å². The largest absolute Gasteiger partial charge is 0.381 e. The van der Waals surface area contributed by atoms with Crippen LogP contribution in [0.4, 0.5) is 0 Å². The Morgan fingerprint density at radius 2 is 1.90 bits per heavy atom. The molecule has 0 aliphatic rings. The van der Waals surface area contributed by atoms with Crippen LogP contribution in [0.25, 0.3) is 0 Å². The quantitative estimate of drug-likeness (QED) is 0.577. The molecule has 0 aromatic carbocycles. The highest BCUT2D eigenvalue weighted by Crippen LogP contribution is 2.31. The van der Waals surface area contributed by atoms with Crippen LogP contribution in [0.1, 0.15) is 60.3 Å². The van der Waals surface area contributed by atoms with Gasteiger partial charge in [-0.15, -0.1) is 0 Å². The highest BCUT2D eigenvalue weighted by Gasteiger charge is 2.24. The van der Waals surface area contributed by atoms with Crippen LogP contribution in [-0.2, 0) is 9.53 Å². The van der Waals surface area contributed by atoms with Crippen molar-refractivity contribution in [2.24, 2.45) is 23.0 Å². The molecule has 0 radical (unpaired) electrons. The first-order valence-electron chi connectivity index (χ1n) is 8.31. The van der Waals surface area contributed by atoms with E-state index in [9.17, 15) is 4.79 Å². The zero-order valence-corrected chi connectivity index (χ0v) is 14.7. The molecule has 4 heteroatoms. The smallest absolute Gasteiger partial charge is 0.220 e. The predicted molar refractivity (Wildman–Crippen MR) is 89.1 cm³/mol. The zero-order chi connectivity index (χ0) is 16.3. The van der Waals surface area contributed by atoms with Crippen molar-refractivity contribution in [3.8, 4) is 0 Å². The average molecular weight is 300 g/mol. The molecule has 0 fully saturated rings. The Balaban J connectivity index is 3.74. The first kappa shape index (κ1) is 20.4. The summed E-state index contributed by atoms with van der Waals surface area (Å²) in [5.74, 6) is 1.21. The number of hydrogen-bond donors (Lipinski definition) is 2. The van der Waals surface area contributed by atoms with Gasteiger partial charge in [-0.3, -0.25) is 4.79 Å². The van der Waals surface area contributed by atoms with Crippen molar-refractivity contribution in [2.45, 2.75) is 60.3 Å². The van der Waals surface area contributed by atoms with E-state index in [4.69, 9.17) is 10.5 Å². The molecule has 1 atom stereocenters. The third kappa shape index (κ3) is 11.7. The van der Waals surface area contributed by atoms with Gasteiger partial charge in [0.05, 0.1) is 0 Å². The lowest BCUT2D eigenvalue weighted by atomic mass is 9.76. The van der Waals surface area contributed by atoms with Crippen molar-refractivity contribution >= 4 is 5.91 Å². The summed E-state index contributed by atoms with van der Waals surface area (Å²) in [7, 11) is 0. The van der Waals surface area contributed by atoms with Gasteiger partial charge in [-0.25, -0.2) is 0 Å². The van der Waals surface area contributed by atoms with E-state index < -0.39 is 0 Å². The van der Waals surface area contributed by atoms with Crippen LogP contribution >= 0.6 is 0 Å². The molecule has 1 amide bonds. The molecule has 0 aromatic heterocycles. The monoisotopic (exact) mass is 300 g/mol. The van der Waals surface area contributed by atoms with Crippen molar-refractivity contribution in [1.29, 1.82) is 0 Å². The topological polar surface area (TPSA) is 64.3 Å². The minimum absolute atomic E-state index is 0.144. The van der Waals surface area contributed by atoms with Crippen LogP contribution in [0, 0.1) is 17.3 Å². The highest BCUT2D eigenvalue weighted by molar-refractivity contribution is 5.75. The Morgan fingerprint density at radius 1 is 1.24 bits per heavy atom. The van der Waals surface area contributed by atoms with Crippen molar-refractivity contribution < 1.29 is 9.53 Å². The van der Waals surface area contributed by atoms with Crippen molar-refractivity contribution in [3.05, 3.63) is 0 Å². The van der Waals surface area contributed by atoms with Gasteiger partial charge in [-0.1, -0.05) is 34.6 Å². The molecule has 1 unspecified atom stereocenters. The normalized spacial score (nSPS) is 13.5. The Kier molecular flexibility index (Phi) is 10.7. The van der Waals surface area contributed by atoms with E-state index in [1.807, 2.05) is 0 Å². The van der Waals surface area contributed by atoms with Crippen LogP contribution in [0.15, 0.2) is 0 Å². The Bertz CT molecular complexity index is 272. The van der Waals surface area contributed by atoms with Gasteiger partial charge < -0.3 is 15.8 Å². The summed E-state index contributed by atoms with van der Waals surface area (Å²) >= 11 is 0. The minimum Gasteiger partial charge on any atom is -0.381 e. The molecular formula is C17H36N2O2. The van der Waals surface area contributed by atoms with Crippen molar-refractivity contribution in [2.75, 3.05) is 26.3 Å². The maximum absolute atomic E-state index is 11.8. The molecule has 21 heavy (non-hydrogen) atoms. The molecule has 0 rings (SSSR count). The van der Waals surface area contributed by atoms with E-state index in [-0.39, 0.29) is 11.3 Å².